The molecular formula is C21H35NO4S. The average Bonchev–Trinajstić information content (AvgIpc) is 2.60. The fourth-order valence-corrected chi connectivity index (χ4v) is 5.86. The standard InChI is InChI=1S/C21H35NO4S/c1-13(2)17-8-19(14(3)4)21(20(9-17)15(5)6)27(24,25)22-10-18(11-23)26-12-16(22)7/h8-9,13-16,18,23H,10-12H2,1-7H3. The van der Waals surface area contributed by atoms with Gasteiger partial charge in [-0.25, -0.2) is 8.42 Å². The van der Waals surface area contributed by atoms with E-state index < -0.39 is 16.1 Å². The molecule has 0 spiro atoms. The molecule has 2 atom stereocenters. The molecule has 1 N–H and O–H groups in total. The molecule has 0 aromatic heterocycles. The Bertz CT molecular complexity index is 726. The van der Waals surface area contributed by atoms with Crippen LogP contribution in [0.1, 0.15) is 82.9 Å². The number of nitrogens with zero attached hydrogens (tertiary/aromatic N) is 1. The van der Waals surface area contributed by atoms with E-state index >= 15 is 0 Å². The molecule has 2 unspecified atom stereocenters. The van der Waals surface area contributed by atoms with Gasteiger partial charge in [0.1, 0.15) is 0 Å². The zero-order chi connectivity index (χ0) is 20.5. The maximum atomic E-state index is 13.8. The first kappa shape index (κ1) is 22.3. The topological polar surface area (TPSA) is 66.8 Å². The molecule has 0 aliphatic carbocycles. The lowest BCUT2D eigenvalue weighted by Crippen LogP contribution is -2.52. The van der Waals surface area contributed by atoms with Gasteiger partial charge >= 0.3 is 0 Å². The van der Waals surface area contributed by atoms with Gasteiger partial charge in [0.05, 0.1) is 24.2 Å². The summed E-state index contributed by atoms with van der Waals surface area (Å²) in [7, 11) is -3.71. The molecule has 0 amide bonds. The number of hydrogen-bond acceptors (Lipinski definition) is 4. The Labute approximate surface area is 164 Å². The van der Waals surface area contributed by atoms with Crippen molar-refractivity contribution in [1.82, 2.24) is 4.31 Å². The van der Waals surface area contributed by atoms with Crippen LogP contribution in [0.25, 0.3) is 0 Å². The lowest BCUT2D eigenvalue weighted by Gasteiger charge is -2.37. The van der Waals surface area contributed by atoms with Gasteiger partial charge in [-0.3, -0.25) is 0 Å². The summed E-state index contributed by atoms with van der Waals surface area (Å²) < 4.78 is 34.6. The third-order valence-electron chi connectivity index (χ3n) is 5.30. The summed E-state index contributed by atoms with van der Waals surface area (Å²) in [6.07, 6.45) is -0.476. The third kappa shape index (κ3) is 4.56. The highest BCUT2D eigenvalue weighted by atomic mass is 32.2. The van der Waals surface area contributed by atoms with Crippen molar-refractivity contribution in [3.8, 4) is 0 Å². The smallest absolute Gasteiger partial charge is 0.244 e. The molecule has 5 nitrogen and oxygen atoms in total. The van der Waals surface area contributed by atoms with E-state index in [4.69, 9.17) is 4.74 Å². The van der Waals surface area contributed by atoms with Gasteiger partial charge in [-0.05, 0) is 41.4 Å². The Balaban J connectivity index is 2.70. The summed E-state index contributed by atoms with van der Waals surface area (Å²) in [5.74, 6) is 0.518. The van der Waals surface area contributed by atoms with Crippen LogP contribution in [0.4, 0.5) is 0 Å². The minimum atomic E-state index is -3.71. The zero-order valence-corrected chi connectivity index (χ0v) is 18.5. The van der Waals surface area contributed by atoms with Crippen LogP contribution in [0.5, 0.6) is 0 Å². The van der Waals surface area contributed by atoms with Crippen molar-refractivity contribution in [1.29, 1.82) is 0 Å². The number of aliphatic hydroxyl groups excluding tert-OH is 1. The fraction of sp³-hybridized carbons (Fsp3) is 0.714. The summed E-state index contributed by atoms with van der Waals surface area (Å²) in [4.78, 5) is 0.447. The second kappa shape index (κ2) is 8.60. The predicted octanol–water partition coefficient (Wildman–Crippen LogP) is 3.83. The maximum absolute atomic E-state index is 13.8. The molecule has 0 radical (unpaired) electrons. The Morgan fingerprint density at radius 1 is 1.07 bits per heavy atom. The number of ether oxygens (including phenoxy) is 1. The third-order valence-corrected chi connectivity index (χ3v) is 7.41. The molecule has 0 saturated carbocycles. The van der Waals surface area contributed by atoms with Crippen molar-refractivity contribution < 1.29 is 18.3 Å². The van der Waals surface area contributed by atoms with E-state index in [0.29, 0.717) is 17.4 Å². The molecular weight excluding hydrogens is 362 g/mol. The van der Waals surface area contributed by atoms with Crippen molar-refractivity contribution in [2.24, 2.45) is 0 Å². The van der Waals surface area contributed by atoms with E-state index in [9.17, 15) is 13.5 Å². The number of sulfonamides is 1. The van der Waals surface area contributed by atoms with Crippen LogP contribution >= 0.6 is 0 Å². The van der Waals surface area contributed by atoms with Crippen LogP contribution in [0.2, 0.25) is 0 Å². The average molecular weight is 398 g/mol. The molecule has 1 heterocycles. The largest absolute Gasteiger partial charge is 0.394 e. The molecule has 1 saturated heterocycles. The zero-order valence-electron chi connectivity index (χ0n) is 17.7. The Hall–Kier alpha value is -0.950. The molecule has 0 bridgehead atoms. The van der Waals surface area contributed by atoms with Gasteiger partial charge in [-0.1, -0.05) is 53.7 Å². The maximum Gasteiger partial charge on any atom is 0.244 e. The lowest BCUT2D eigenvalue weighted by atomic mass is 9.89. The number of morpholine rings is 1. The van der Waals surface area contributed by atoms with Gasteiger partial charge in [0.25, 0.3) is 0 Å². The highest BCUT2D eigenvalue weighted by Gasteiger charge is 2.38. The normalized spacial score (nSPS) is 22.2. The number of hydrogen-bond donors (Lipinski definition) is 1. The Morgan fingerprint density at radius 3 is 2.00 bits per heavy atom. The molecule has 27 heavy (non-hydrogen) atoms. The molecule has 2 rings (SSSR count). The monoisotopic (exact) mass is 397 g/mol. The molecule has 6 heteroatoms. The van der Waals surface area contributed by atoms with E-state index in [1.165, 1.54) is 9.87 Å². The number of aliphatic hydroxyl groups is 1. The summed E-state index contributed by atoms with van der Waals surface area (Å²) in [5.41, 5.74) is 2.93. The highest BCUT2D eigenvalue weighted by molar-refractivity contribution is 7.89. The quantitative estimate of drug-likeness (QED) is 0.792. The van der Waals surface area contributed by atoms with Crippen molar-refractivity contribution in [3.63, 3.8) is 0 Å². The summed E-state index contributed by atoms with van der Waals surface area (Å²) in [6, 6.07) is 3.86. The van der Waals surface area contributed by atoms with Gasteiger partial charge in [0, 0.05) is 12.6 Å². The van der Waals surface area contributed by atoms with Crippen LogP contribution in [0.15, 0.2) is 17.0 Å². The Morgan fingerprint density at radius 2 is 1.59 bits per heavy atom. The highest BCUT2D eigenvalue weighted by Crippen LogP contribution is 2.37. The summed E-state index contributed by atoms with van der Waals surface area (Å²) >= 11 is 0. The van der Waals surface area contributed by atoms with E-state index in [0.717, 1.165) is 11.1 Å². The molecule has 1 aromatic rings. The molecule has 1 aliphatic heterocycles. The van der Waals surface area contributed by atoms with E-state index in [2.05, 4.69) is 26.0 Å². The second-order valence-electron chi connectivity index (χ2n) is 8.55. The number of rotatable bonds is 6. The summed E-state index contributed by atoms with van der Waals surface area (Å²) in [6.45, 7) is 14.6. The summed E-state index contributed by atoms with van der Waals surface area (Å²) in [5, 5.41) is 9.47. The first-order valence-electron chi connectivity index (χ1n) is 9.92. The lowest BCUT2D eigenvalue weighted by molar-refractivity contribution is -0.0516. The van der Waals surface area contributed by atoms with Gasteiger partial charge < -0.3 is 9.84 Å². The van der Waals surface area contributed by atoms with Crippen molar-refractivity contribution in [3.05, 3.63) is 28.8 Å². The first-order valence-corrected chi connectivity index (χ1v) is 11.4. The fourth-order valence-electron chi connectivity index (χ4n) is 3.54. The van der Waals surface area contributed by atoms with Crippen LogP contribution in [0.3, 0.4) is 0 Å². The predicted molar refractivity (Wildman–Crippen MR) is 109 cm³/mol. The molecule has 154 valence electrons. The first-order chi connectivity index (χ1) is 12.5. The van der Waals surface area contributed by atoms with Crippen molar-refractivity contribution in [2.45, 2.75) is 83.3 Å². The van der Waals surface area contributed by atoms with Crippen molar-refractivity contribution in [2.75, 3.05) is 19.8 Å². The molecule has 1 fully saturated rings. The second-order valence-corrected chi connectivity index (χ2v) is 10.4. The van der Waals surface area contributed by atoms with Crippen molar-refractivity contribution >= 4 is 10.0 Å². The van der Waals surface area contributed by atoms with E-state index in [1.54, 1.807) is 0 Å². The van der Waals surface area contributed by atoms with Gasteiger partial charge in [-0.15, -0.1) is 0 Å². The van der Waals surface area contributed by atoms with Gasteiger partial charge in [0.15, 0.2) is 0 Å². The van der Waals surface area contributed by atoms with Crippen LogP contribution < -0.4 is 0 Å². The van der Waals surface area contributed by atoms with Crippen LogP contribution in [-0.4, -0.2) is 49.7 Å². The Kier molecular flexibility index (Phi) is 7.11. The van der Waals surface area contributed by atoms with Crippen LogP contribution in [0, 0.1) is 0 Å². The van der Waals surface area contributed by atoms with Crippen LogP contribution in [-0.2, 0) is 14.8 Å². The SMILES string of the molecule is CC(C)c1cc(C(C)C)c(S(=O)(=O)N2CC(CO)OCC2C)c(C(C)C)c1. The van der Waals surface area contributed by atoms with E-state index in [-0.39, 0.29) is 31.0 Å². The van der Waals surface area contributed by atoms with Gasteiger partial charge in [-0.2, -0.15) is 4.31 Å². The van der Waals surface area contributed by atoms with E-state index in [1.807, 2.05) is 34.6 Å². The minimum Gasteiger partial charge on any atom is -0.394 e. The number of benzene rings is 1. The minimum absolute atomic E-state index is 0.0935. The van der Waals surface area contributed by atoms with Gasteiger partial charge in [0.2, 0.25) is 10.0 Å². The molecule has 1 aliphatic rings. The molecule has 1 aromatic carbocycles.